The van der Waals surface area contributed by atoms with Gasteiger partial charge in [0.25, 0.3) is 0 Å². The first kappa shape index (κ1) is 17.4. The zero-order valence-electron chi connectivity index (χ0n) is 12.3. The second kappa shape index (κ2) is 7.95. The lowest BCUT2D eigenvalue weighted by molar-refractivity contribution is -0.136. The molecule has 0 radical (unpaired) electrons. The summed E-state index contributed by atoms with van der Waals surface area (Å²) in [6.45, 7) is 6.45. The van der Waals surface area contributed by atoms with E-state index in [2.05, 4.69) is 10.2 Å². The SMILES string of the molecule is CC(C)S(=O)(=O)CCN1CCCC(CNCC(=O)O)C1. The smallest absolute Gasteiger partial charge is 0.317 e. The summed E-state index contributed by atoms with van der Waals surface area (Å²) < 4.78 is 23.6. The highest BCUT2D eigenvalue weighted by Crippen LogP contribution is 2.16. The summed E-state index contributed by atoms with van der Waals surface area (Å²) in [5, 5.41) is 11.2. The number of carboxylic acid groups (broad SMARTS) is 1. The van der Waals surface area contributed by atoms with Crippen LogP contribution in [-0.4, -0.2) is 68.1 Å². The zero-order valence-corrected chi connectivity index (χ0v) is 13.2. The summed E-state index contributed by atoms with van der Waals surface area (Å²) >= 11 is 0. The summed E-state index contributed by atoms with van der Waals surface area (Å²) in [5.41, 5.74) is 0. The van der Waals surface area contributed by atoms with Crippen LogP contribution in [0.5, 0.6) is 0 Å². The highest BCUT2D eigenvalue weighted by molar-refractivity contribution is 7.92. The Morgan fingerprint density at radius 3 is 2.75 bits per heavy atom. The molecule has 118 valence electrons. The van der Waals surface area contributed by atoms with E-state index in [-0.39, 0.29) is 17.5 Å². The first-order valence-electron chi connectivity index (χ1n) is 7.17. The zero-order chi connectivity index (χ0) is 15.2. The molecule has 0 bridgehead atoms. The fraction of sp³-hybridized carbons (Fsp3) is 0.923. The van der Waals surface area contributed by atoms with E-state index in [4.69, 9.17) is 5.11 Å². The summed E-state index contributed by atoms with van der Waals surface area (Å²) in [5.74, 6) is -0.231. The molecule has 1 heterocycles. The van der Waals surface area contributed by atoms with E-state index in [1.165, 1.54) is 0 Å². The Kier molecular flexibility index (Phi) is 6.91. The normalized spacial score (nSPS) is 21.2. The van der Waals surface area contributed by atoms with Gasteiger partial charge in [-0.2, -0.15) is 0 Å². The van der Waals surface area contributed by atoms with Gasteiger partial charge >= 0.3 is 5.97 Å². The quantitative estimate of drug-likeness (QED) is 0.666. The van der Waals surface area contributed by atoms with E-state index >= 15 is 0 Å². The minimum atomic E-state index is -2.98. The van der Waals surface area contributed by atoms with Crippen LogP contribution in [0.25, 0.3) is 0 Å². The van der Waals surface area contributed by atoms with Crippen LogP contribution in [0.2, 0.25) is 0 Å². The van der Waals surface area contributed by atoms with E-state index in [0.29, 0.717) is 19.0 Å². The van der Waals surface area contributed by atoms with Crippen molar-refractivity contribution in [3.63, 3.8) is 0 Å². The predicted molar refractivity (Wildman–Crippen MR) is 78.6 cm³/mol. The Labute approximate surface area is 121 Å². The third-order valence-electron chi connectivity index (χ3n) is 3.72. The van der Waals surface area contributed by atoms with Crippen molar-refractivity contribution in [2.75, 3.05) is 38.5 Å². The molecule has 1 aliphatic rings. The van der Waals surface area contributed by atoms with E-state index in [9.17, 15) is 13.2 Å². The van der Waals surface area contributed by atoms with Gasteiger partial charge in [0.2, 0.25) is 0 Å². The maximum absolute atomic E-state index is 11.8. The lowest BCUT2D eigenvalue weighted by Crippen LogP contribution is -2.42. The van der Waals surface area contributed by atoms with E-state index < -0.39 is 15.8 Å². The van der Waals surface area contributed by atoms with Gasteiger partial charge < -0.3 is 15.3 Å². The van der Waals surface area contributed by atoms with E-state index in [1.54, 1.807) is 13.8 Å². The molecule has 0 spiro atoms. The van der Waals surface area contributed by atoms with Crippen LogP contribution in [0, 0.1) is 5.92 Å². The van der Waals surface area contributed by atoms with Gasteiger partial charge in [-0.25, -0.2) is 8.42 Å². The number of aliphatic carboxylic acids is 1. The molecule has 1 atom stereocenters. The van der Waals surface area contributed by atoms with Crippen molar-refractivity contribution in [1.29, 1.82) is 0 Å². The summed E-state index contributed by atoms with van der Waals surface area (Å²) in [7, 11) is -2.98. The van der Waals surface area contributed by atoms with Crippen LogP contribution in [0.4, 0.5) is 0 Å². The summed E-state index contributed by atoms with van der Waals surface area (Å²) in [4.78, 5) is 12.6. The number of carbonyl (C=O) groups is 1. The number of hydrogen-bond donors (Lipinski definition) is 2. The van der Waals surface area contributed by atoms with Gasteiger partial charge in [0, 0.05) is 13.1 Å². The first-order valence-corrected chi connectivity index (χ1v) is 8.89. The topological polar surface area (TPSA) is 86.7 Å². The fourth-order valence-electron chi connectivity index (χ4n) is 2.40. The molecular weight excluding hydrogens is 280 g/mol. The molecule has 1 rings (SSSR count). The van der Waals surface area contributed by atoms with Crippen molar-refractivity contribution in [3.8, 4) is 0 Å². The average molecular weight is 306 g/mol. The third kappa shape index (κ3) is 6.19. The van der Waals surface area contributed by atoms with Crippen molar-refractivity contribution < 1.29 is 18.3 Å². The van der Waals surface area contributed by atoms with Crippen molar-refractivity contribution in [1.82, 2.24) is 10.2 Å². The van der Waals surface area contributed by atoms with Crippen molar-refractivity contribution in [2.24, 2.45) is 5.92 Å². The van der Waals surface area contributed by atoms with Gasteiger partial charge in [0.05, 0.1) is 17.5 Å². The van der Waals surface area contributed by atoms with Crippen LogP contribution < -0.4 is 5.32 Å². The molecule has 6 nitrogen and oxygen atoms in total. The van der Waals surface area contributed by atoms with Crippen molar-refractivity contribution in [2.45, 2.75) is 31.9 Å². The van der Waals surface area contributed by atoms with Gasteiger partial charge in [0.1, 0.15) is 0 Å². The number of nitrogens with zero attached hydrogens (tertiary/aromatic N) is 1. The molecule has 0 amide bonds. The Balaban J connectivity index is 2.32. The van der Waals surface area contributed by atoms with Gasteiger partial charge in [-0.05, 0) is 45.7 Å². The Hall–Kier alpha value is -0.660. The molecule has 1 fully saturated rings. The molecule has 0 saturated carbocycles. The van der Waals surface area contributed by atoms with Crippen LogP contribution in [0.15, 0.2) is 0 Å². The molecule has 1 unspecified atom stereocenters. The Bertz CT molecular complexity index is 409. The lowest BCUT2D eigenvalue weighted by Gasteiger charge is -2.32. The van der Waals surface area contributed by atoms with Gasteiger partial charge in [-0.1, -0.05) is 0 Å². The highest BCUT2D eigenvalue weighted by Gasteiger charge is 2.22. The largest absolute Gasteiger partial charge is 0.480 e. The number of piperidine rings is 1. The van der Waals surface area contributed by atoms with Crippen LogP contribution in [0.1, 0.15) is 26.7 Å². The molecular formula is C13H26N2O4S. The molecule has 0 aromatic heterocycles. The molecule has 1 saturated heterocycles. The van der Waals surface area contributed by atoms with Crippen LogP contribution >= 0.6 is 0 Å². The highest BCUT2D eigenvalue weighted by atomic mass is 32.2. The predicted octanol–water partition coefficient (Wildman–Crippen LogP) is 0.196. The monoisotopic (exact) mass is 306 g/mol. The van der Waals surface area contributed by atoms with Gasteiger partial charge in [-0.15, -0.1) is 0 Å². The molecule has 0 aromatic carbocycles. The second-order valence-corrected chi connectivity index (χ2v) is 8.43. The number of nitrogens with one attached hydrogen (secondary N) is 1. The standard InChI is InChI=1S/C13H26N2O4S/c1-11(2)20(18,19)7-6-15-5-3-4-12(10-15)8-14-9-13(16)17/h11-12,14H,3-10H2,1-2H3,(H,16,17). The number of sulfone groups is 1. The Morgan fingerprint density at radius 2 is 2.15 bits per heavy atom. The number of likely N-dealkylation sites (tertiary alicyclic amines) is 1. The molecule has 0 aliphatic carbocycles. The van der Waals surface area contributed by atoms with E-state index in [0.717, 1.165) is 25.9 Å². The molecule has 1 aliphatic heterocycles. The minimum absolute atomic E-state index is 0.0156. The van der Waals surface area contributed by atoms with Crippen molar-refractivity contribution in [3.05, 3.63) is 0 Å². The molecule has 0 aromatic rings. The molecule has 7 heteroatoms. The lowest BCUT2D eigenvalue weighted by atomic mass is 9.98. The maximum Gasteiger partial charge on any atom is 0.317 e. The van der Waals surface area contributed by atoms with Crippen molar-refractivity contribution >= 4 is 15.8 Å². The van der Waals surface area contributed by atoms with Gasteiger partial charge in [-0.3, -0.25) is 4.79 Å². The van der Waals surface area contributed by atoms with Crippen LogP contribution in [-0.2, 0) is 14.6 Å². The molecule has 2 N–H and O–H groups in total. The number of hydrogen-bond acceptors (Lipinski definition) is 5. The maximum atomic E-state index is 11.8. The Morgan fingerprint density at radius 1 is 1.45 bits per heavy atom. The summed E-state index contributed by atoms with van der Waals surface area (Å²) in [6, 6.07) is 0. The second-order valence-electron chi connectivity index (χ2n) is 5.75. The third-order valence-corrected chi connectivity index (χ3v) is 5.91. The summed E-state index contributed by atoms with van der Waals surface area (Å²) in [6.07, 6.45) is 2.11. The average Bonchev–Trinajstić information content (AvgIpc) is 2.36. The van der Waals surface area contributed by atoms with E-state index in [1.807, 2.05) is 0 Å². The minimum Gasteiger partial charge on any atom is -0.480 e. The molecule has 20 heavy (non-hydrogen) atoms. The van der Waals surface area contributed by atoms with Gasteiger partial charge in [0.15, 0.2) is 9.84 Å². The first-order chi connectivity index (χ1) is 9.31. The fourth-order valence-corrected chi connectivity index (χ4v) is 3.38. The van der Waals surface area contributed by atoms with Crippen LogP contribution in [0.3, 0.4) is 0 Å². The number of rotatable bonds is 8. The number of carboxylic acids is 1.